The molecule has 1 rings (SSSR count). The summed E-state index contributed by atoms with van der Waals surface area (Å²) < 4.78 is 0. The Hall–Kier alpha value is -1.86. The Labute approximate surface area is 89.1 Å². The lowest BCUT2D eigenvalue weighted by molar-refractivity contribution is 0.0827. The lowest BCUT2D eigenvalue weighted by Crippen LogP contribution is -2.21. The van der Waals surface area contributed by atoms with Crippen molar-refractivity contribution in [3.8, 4) is 11.8 Å². The molecule has 0 bridgehead atoms. The lowest BCUT2D eigenvalue weighted by atomic mass is 10.2. The SMILES string of the molecule is CN(C)C(=O)c1cncc(C#CCN)c1. The quantitative estimate of drug-likeness (QED) is 0.658. The van der Waals surface area contributed by atoms with Crippen molar-refractivity contribution in [2.45, 2.75) is 0 Å². The Bertz CT molecular complexity index is 415. The summed E-state index contributed by atoms with van der Waals surface area (Å²) in [6, 6.07) is 1.71. The van der Waals surface area contributed by atoms with Crippen molar-refractivity contribution >= 4 is 5.91 Å². The number of pyridine rings is 1. The summed E-state index contributed by atoms with van der Waals surface area (Å²) in [7, 11) is 3.39. The summed E-state index contributed by atoms with van der Waals surface area (Å²) in [6.45, 7) is 0.297. The van der Waals surface area contributed by atoms with Gasteiger partial charge in [-0.2, -0.15) is 0 Å². The minimum Gasteiger partial charge on any atom is -0.345 e. The van der Waals surface area contributed by atoms with E-state index in [-0.39, 0.29) is 5.91 Å². The number of carbonyl (C=O) groups excluding carboxylic acids is 1. The highest BCUT2D eigenvalue weighted by atomic mass is 16.2. The topological polar surface area (TPSA) is 59.2 Å². The lowest BCUT2D eigenvalue weighted by Gasteiger charge is -2.09. The van der Waals surface area contributed by atoms with E-state index in [2.05, 4.69) is 16.8 Å². The van der Waals surface area contributed by atoms with Crippen LogP contribution >= 0.6 is 0 Å². The third-order valence-electron chi connectivity index (χ3n) is 1.73. The minimum absolute atomic E-state index is 0.0844. The molecule has 0 atom stereocenters. The van der Waals surface area contributed by atoms with Crippen molar-refractivity contribution in [3.05, 3.63) is 29.6 Å². The fraction of sp³-hybridized carbons (Fsp3) is 0.273. The normalized spacial score (nSPS) is 9.00. The highest BCUT2D eigenvalue weighted by Crippen LogP contribution is 2.03. The third-order valence-corrected chi connectivity index (χ3v) is 1.73. The summed E-state index contributed by atoms with van der Waals surface area (Å²) in [4.78, 5) is 17.0. The molecule has 78 valence electrons. The maximum Gasteiger partial charge on any atom is 0.254 e. The number of nitrogens with two attached hydrogens (primary N) is 1. The maximum absolute atomic E-state index is 11.6. The Morgan fingerprint density at radius 1 is 1.53 bits per heavy atom. The van der Waals surface area contributed by atoms with Crippen LogP contribution in [0.5, 0.6) is 0 Å². The van der Waals surface area contributed by atoms with Crippen molar-refractivity contribution < 1.29 is 4.79 Å². The summed E-state index contributed by atoms with van der Waals surface area (Å²) in [5, 5.41) is 0. The summed E-state index contributed by atoms with van der Waals surface area (Å²) in [6.07, 6.45) is 3.13. The molecule has 0 aliphatic heterocycles. The molecule has 2 N–H and O–H groups in total. The summed E-state index contributed by atoms with van der Waals surface area (Å²) in [5.74, 6) is 5.46. The van der Waals surface area contributed by atoms with Gasteiger partial charge in [0.05, 0.1) is 12.1 Å². The second-order valence-electron chi connectivity index (χ2n) is 3.17. The molecular weight excluding hydrogens is 190 g/mol. The van der Waals surface area contributed by atoms with Gasteiger partial charge in [-0.05, 0) is 6.07 Å². The van der Waals surface area contributed by atoms with Crippen LogP contribution in [-0.4, -0.2) is 36.4 Å². The highest BCUT2D eigenvalue weighted by Gasteiger charge is 2.07. The molecule has 1 heterocycles. The molecule has 0 saturated heterocycles. The van der Waals surface area contributed by atoms with Gasteiger partial charge in [0.15, 0.2) is 0 Å². The smallest absolute Gasteiger partial charge is 0.254 e. The zero-order chi connectivity index (χ0) is 11.3. The van der Waals surface area contributed by atoms with E-state index in [4.69, 9.17) is 5.73 Å². The van der Waals surface area contributed by atoms with Crippen LogP contribution in [0.1, 0.15) is 15.9 Å². The molecule has 0 unspecified atom stereocenters. The average molecular weight is 203 g/mol. The average Bonchev–Trinajstić information content (AvgIpc) is 2.25. The molecule has 0 radical (unpaired) electrons. The van der Waals surface area contributed by atoms with Crippen molar-refractivity contribution in [3.63, 3.8) is 0 Å². The van der Waals surface area contributed by atoms with Gasteiger partial charge in [0.25, 0.3) is 5.91 Å². The molecular formula is C11H13N3O. The summed E-state index contributed by atoms with van der Waals surface area (Å²) in [5.41, 5.74) is 6.49. The molecule has 0 saturated carbocycles. The van der Waals surface area contributed by atoms with Gasteiger partial charge in [-0.25, -0.2) is 0 Å². The molecule has 1 aromatic rings. The van der Waals surface area contributed by atoms with Crippen LogP contribution in [0.4, 0.5) is 0 Å². The van der Waals surface area contributed by atoms with Crippen molar-refractivity contribution in [1.82, 2.24) is 9.88 Å². The largest absolute Gasteiger partial charge is 0.345 e. The van der Waals surface area contributed by atoms with Gasteiger partial charge in [-0.15, -0.1) is 0 Å². The first-order valence-corrected chi connectivity index (χ1v) is 4.51. The molecule has 1 amide bonds. The van der Waals surface area contributed by atoms with E-state index in [1.54, 1.807) is 26.4 Å². The van der Waals surface area contributed by atoms with Crippen LogP contribution in [0.3, 0.4) is 0 Å². The van der Waals surface area contributed by atoms with Crippen LogP contribution in [0, 0.1) is 11.8 Å². The maximum atomic E-state index is 11.6. The molecule has 4 heteroatoms. The van der Waals surface area contributed by atoms with E-state index < -0.39 is 0 Å². The second-order valence-corrected chi connectivity index (χ2v) is 3.17. The van der Waals surface area contributed by atoms with E-state index in [9.17, 15) is 4.79 Å². The first kappa shape index (κ1) is 11.2. The number of nitrogens with zero attached hydrogens (tertiary/aromatic N) is 2. The molecule has 0 aromatic carbocycles. The molecule has 15 heavy (non-hydrogen) atoms. The third kappa shape index (κ3) is 3.08. The number of carbonyl (C=O) groups is 1. The van der Waals surface area contributed by atoms with E-state index in [1.165, 1.54) is 11.1 Å². The summed E-state index contributed by atoms with van der Waals surface area (Å²) >= 11 is 0. The predicted octanol–water partition coefficient (Wildman–Crippen LogP) is 0.0936. The highest BCUT2D eigenvalue weighted by molar-refractivity contribution is 5.93. The molecule has 0 spiro atoms. The minimum atomic E-state index is -0.0844. The monoisotopic (exact) mass is 203 g/mol. The molecule has 1 aromatic heterocycles. The van der Waals surface area contributed by atoms with E-state index >= 15 is 0 Å². The Morgan fingerprint density at radius 3 is 2.87 bits per heavy atom. The van der Waals surface area contributed by atoms with Gasteiger partial charge in [0.2, 0.25) is 0 Å². The standard InChI is InChI=1S/C11H13N3O/c1-14(2)11(15)10-6-9(4-3-5-12)7-13-8-10/h6-8H,5,12H2,1-2H3. The predicted molar refractivity (Wildman–Crippen MR) is 58.2 cm³/mol. The van der Waals surface area contributed by atoms with Gasteiger partial charge in [0.1, 0.15) is 0 Å². The van der Waals surface area contributed by atoms with E-state index in [1.807, 2.05) is 0 Å². The fourth-order valence-electron chi connectivity index (χ4n) is 1.04. The van der Waals surface area contributed by atoms with Gasteiger partial charge in [-0.3, -0.25) is 9.78 Å². The molecule has 0 aliphatic carbocycles. The number of rotatable bonds is 1. The van der Waals surface area contributed by atoms with Crippen LogP contribution in [0.25, 0.3) is 0 Å². The van der Waals surface area contributed by atoms with Gasteiger partial charge in [0, 0.05) is 32.1 Å². The van der Waals surface area contributed by atoms with Crippen LogP contribution in [0.2, 0.25) is 0 Å². The van der Waals surface area contributed by atoms with Crippen molar-refractivity contribution in [2.75, 3.05) is 20.6 Å². The number of hydrogen-bond acceptors (Lipinski definition) is 3. The van der Waals surface area contributed by atoms with E-state index in [0.29, 0.717) is 17.7 Å². The van der Waals surface area contributed by atoms with Gasteiger partial charge in [-0.1, -0.05) is 11.8 Å². The zero-order valence-electron chi connectivity index (χ0n) is 8.82. The fourth-order valence-corrected chi connectivity index (χ4v) is 1.04. The van der Waals surface area contributed by atoms with Crippen LogP contribution in [0.15, 0.2) is 18.5 Å². The zero-order valence-corrected chi connectivity index (χ0v) is 8.82. The van der Waals surface area contributed by atoms with Crippen LogP contribution in [-0.2, 0) is 0 Å². The van der Waals surface area contributed by atoms with Crippen molar-refractivity contribution in [1.29, 1.82) is 0 Å². The number of hydrogen-bond donors (Lipinski definition) is 1. The molecule has 4 nitrogen and oxygen atoms in total. The second kappa shape index (κ2) is 5.13. The van der Waals surface area contributed by atoms with E-state index in [0.717, 1.165) is 0 Å². The number of aromatic nitrogens is 1. The Kier molecular flexibility index (Phi) is 3.83. The van der Waals surface area contributed by atoms with Gasteiger partial charge < -0.3 is 10.6 Å². The first-order chi connectivity index (χ1) is 7.15. The van der Waals surface area contributed by atoms with Crippen LogP contribution < -0.4 is 5.73 Å². The molecule has 0 aliphatic rings. The Morgan fingerprint density at radius 2 is 2.27 bits per heavy atom. The number of amides is 1. The van der Waals surface area contributed by atoms with Gasteiger partial charge >= 0.3 is 0 Å². The first-order valence-electron chi connectivity index (χ1n) is 4.51. The van der Waals surface area contributed by atoms with Crippen molar-refractivity contribution in [2.24, 2.45) is 5.73 Å². The Balaban J connectivity index is 2.97. The molecule has 0 fully saturated rings.